The number of rotatable bonds is 1. The number of ether oxygens (including phenoxy) is 1. The third kappa shape index (κ3) is 0.920. The Balaban J connectivity index is 2.67. The van der Waals surface area contributed by atoms with Crippen LogP contribution in [0.4, 0.5) is 0 Å². The zero-order chi connectivity index (χ0) is 7.68. The second-order valence-electron chi connectivity index (χ2n) is 2.12. The van der Waals surface area contributed by atoms with Gasteiger partial charge in [0.1, 0.15) is 5.52 Å². The molecule has 2 rings (SSSR count). The molecule has 0 bridgehead atoms. The Bertz CT molecular complexity index is 368. The van der Waals surface area contributed by atoms with Gasteiger partial charge in [-0.15, -0.1) is 0 Å². The van der Waals surface area contributed by atoms with E-state index in [4.69, 9.17) is 4.74 Å². The van der Waals surface area contributed by atoms with Gasteiger partial charge in [-0.2, -0.15) is 0 Å². The Morgan fingerprint density at radius 3 is 3.27 bits per heavy atom. The molecule has 0 radical (unpaired) electrons. The monoisotopic (exact) mass is 149 g/mol. The fourth-order valence-corrected chi connectivity index (χ4v) is 0.912. The van der Waals surface area contributed by atoms with E-state index in [0.29, 0.717) is 5.88 Å². The van der Waals surface area contributed by atoms with Gasteiger partial charge in [0.15, 0.2) is 5.65 Å². The molecule has 2 heterocycles. The van der Waals surface area contributed by atoms with Crippen LogP contribution in [0.1, 0.15) is 0 Å². The molecule has 0 unspecified atom stereocenters. The number of nitrogens with one attached hydrogen (secondary N) is 1. The first-order chi connectivity index (χ1) is 5.40. The van der Waals surface area contributed by atoms with Crippen molar-refractivity contribution < 1.29 is 4.74 Å². The van der Waals surface area contributed by atoms with Gasteiger partial charge in [0.2, 0.25) is 5.88 Å². The lowest BCUT2D eigenvalue weighted by molar-refractivity contribution is 0.397. The Labute approximate surface area is 63.2 Å². The summed E-state index contributed by atoms with van der Waals surface area (Å²) in [4.78, 5) is 11.1. The molecule has 2 aromatic heterocycles. The molecule has 0 saturated heterocycles. The van der Waals surface area contributed by atoms with Crippen molar-refractivity contribution in [1.29, 1.82) is 0 Å². The quantitative estimate of drug-likeness (QED) is 0.657. The van der Waals surface area contributed by atoms with E-state index >= 15 is 0 Å². The van der Waals surface area contributed by atoms with E-state index in [1.165, 1.54) is 0 Å². The zero-order valence-electron chi connectivity index (χ0n) is 6.03. The molecule has 0 saturated carbocycles. The second-order valence-corrected chi connectivity index (χ2v) is 2.12. The van der Waals surface area contributed by atoms with Crippen molar-refractivity contribution in [1.82, 2.24) is 15.0 Å². The van der Waals surface area contributed by atoms with E-state index in [2.05, 4.69) is 15.0 Å². The fraction of sp³-hybridized carbons (Fsp3) is 0.143. The van der Waals surface area contributed by atoms with Crippen molar-refractivity contribution in [2.45, 2.75) is 0 Å². The van der Waals surface area contributed by atoms with Gasteiger partial charge in [-0.1, -0.05) is 0 Å². The molecule has 0 spiro atoms. The summed E-state index contributed by atoms with van der Waals surface area (Å²) in [6.07, 6.45) is 3.38. The Morgan fingerprint density at radius 1 is 1.55 bits per heavy atom. The first-order valence-corrected chi connectivity index (χ1v) is 3.24. The number of nitrogens with zero attached hydrogens (tertiary/aromatic N) is 2. The minimum absolute atomic E-state index is 0.539. The number of H-pyrrole nitrogens is 1. The molecule has 11 heavy (non-hydrogen) atoms. The van der Waals surface area contributed by atoms with Gasteiger partial charge < -0.3 is 9.72 Å². The summed E-state index contributed by atoms with van der Waals surface area (Å²) in [6, 6.07) is 1.85. The maximum Gasteiger partial charge on any atom is 0.232 e. The topological polar surface area (TPSA) is 50.8 Å². The smallest absolute Gasteiger partial charge is 0.232 e. The maximum atomic E-state index is 4.90. The van der Waals surface area contributed by atoms with Crippen molar-refractivity contribution in [2.24, 2.45) is 0 Å². The molecular weight excluding hydrogens is 142 g/mol. The van der Waals surface area contributed by atoms with Crippen molar-refractivity contribution in [2.75, 3.05) is 7.11 Å². The van der Waals surface area contributed by atoms with Crippen molar-refractivity contribution in [3.63, 3.8) is 0 Å². The molecule has 0 fully saturated rings. The van der Waals surface area contributed by atoms with Gasteiger partial charge in [0.25, 0.3) is 0 Å². The van der Waals surface area contributed by atoms with Crippen molar-refractivity contribution >= 4 is 11.2 Å². The fourth-order valence-electron chi connectivity index (χ4n) is 0.912. The van der Waals surface area contributed by atoms with E-state index in [1.807, 2.05) is 6.07 Å². The Kier molecular flexibility index (Phi) is 1.25. The highest BCUT2D eigenvalue weighted by Gasteiger charge is 1.97. The Hall–Kier alpha value is -1.58. The molecule has 0 aliphatic heterocycles. The molecule has 56 valence electrons. The number of aromatic amines is 1. The molecule has 1 N–H and O–H groups in total. The average molecular weight is 149 g/mol. The minimum atomic E-state index is 0.539. The normalized spacial score (nSPS) is 10.3. The molecule has 0 amide bonds. The third-order valence-corrected chi connectivity index (χ3v) is 1.45. The summed E-state index contributed by atoms with van der Waals surface area (Å²) in [5.41, 5.74) is 1.61. The van der Waals surface area contributed by atoms with Gasteiger partial charge in [0.05, 0.1) is 13.3 Å². The summed E-state index contributed by atoms with van der Waals surface area (Å²) in [5, 5.41) is 0. The summed E-state index contributed by atoms with van der Waals surface area (Å²) in [7, 11) is 1.57. The highest BCUT2D eigenvalue weighted by molar-refractivity contribution is 5.70. The first-order valence-electron chi connectivity index (χ1n) is 3.24. The van der Waals surface area contributed by atoms with Crippen LogP contribution < -0.4 is 4.74 Å². The Morgan fingerprint density at radius 2 is 2.45 bits per heavy atom. The third-order valence-electron chi connectivity index (χ3n) is 1.45. The summed E-state index contributed by atoms with van der Waals surface area (Å²) >= 11 is 0. The molecule has 0 atom stereocenters. The lowest BCUT2D eigenvalue weighted by Crippen LogP contribution is -1.88. The predicted octanol–water partition coefficient (Wildman–Crippen LogP) is 0.966. The van der Waals surface area contributed by atoms with Gasteiger partial charge in [0, 0.05) is 6.20 Å². The lowest BCUT2D eigenvalue weighted by Gasteiger charge is -1.95. The largest absolute Gasteiger partial charge is 0.480 e. The van der Waals surface area contributed by atoms with Crippen LogP contribution in [0.5, 0.6) is 5.88 Å². The van der Waals surface area contributed by atoms with Crippen LogP contribution in [0.25, 0.3) is 11.2 Å². The van der Waals surface area contributed by atoms with Crippen molar-refractivity contribution in [3.05, 3.63) is 18.5 Å². The zero-order valence-corrected chi connectivity index (χ0v) is 6.03. The van der Waals surface area contributed by atoms with Crippen LogP contribution in [0.2, 0.25) is 0 Å². The van der Waals surface area contributed by atoms with E-state index in [-0.39, 0.29) is 0 Å². The lowest BCUT2D eigenvalue weighted by atomic mass is 10.5. The number of fused-ring (bicyclic) bond motifs is 1. The van der Waals surface area contributed by atoms with Gasteiger partial charge in [-0.05, 0) is 6.07 Å². The predicted molar refractivity (Wildman–Crippen MR) is 40.4 cm³/mol. The van der Waals surface area contributed by atoms with E-state index in [0.717, 1.165) is 11.2 Å². The number of hydrogen-bond acceptors (Lipinski definition) is 3. The van der Waals surface area contributed by atoms with Crippen LogP contribution >= 0.6 is 0 Å². The highest BCUT2D eigenvalue weighted by atomic mass is 16.5. The highest BCUT2D eigenvalue weighted by Crippen LogP contribution is 2.10. The van der Waals surface area contributed by atoms with Crippen molar-refractivity contribution in [3.8, 4) is 5.88 Å². The molecule has 4 nitrogen and oxygen atoms in total. The minimum Gasteiger partial charge on any atom is -0.480 e. The van der Waals surface area contributed by atoms with Gasteiger partial charge in [-0.25, -0.2) is 9.97 Å². The van der Waals surface area contributed by atoms with Crippen LogP contribution in [-0.2, 0) is 0 Å². The SMILES string of the molecule is COc1cnc2[nH]ccc2n1. The molecule has 0 aliphatic carbocycles. The molecule has 0 aromatic carbocycles. The average Bonchev–Trinajstić information content (AvgIpc) is 2.50. The maximum absolute atomic E-state index is 4.90. The van der Waals surface area contributed by atoms with Crippen LogP contribution in [-0.4, -0.2) is 22.1 Å². The summed E-state index contributed by atoms with van der Waals surface area (Å²) in [5.74, 6) is 0.539. The molecular formula is C7H7N3O. The number of hydrogen-bond donors (Lipinski definition) is 1. The molecule has 0 aliphatic rings. The second kappa shape index (κ2) is 2.23. The van der Waals surface area contributed by atoms with Gasteiger partial charge >= 0.3 is 0 Å². The van der Waals surface area contributed by atoms with E-state index in [1.54, 1.807) is 19.5 Å². The van der Waals surface area contributed by atoms with Gasteiger partial charge in [-0.3, -0.25) is 0 Å². The van der Waals surface area contributed by atoms with E-state index in [9.17, 15) is 0 Å². The number of aromatic nitrogens is 3. The molecule has 4 heteroatoms. The summed E-state index contributed by atoms with van der Waals surface area (Å²) in [6.45, 7) is 0. The standard InChI is InChI=1S/C7H7N3O/c1-11-6-4-9-7-5(10-6)2-3-8-7/h2-4H,1H3,(H,8,9). The van der Waals surface area contributed by atoms with Crippen LogP contribution in [0.15, 0.2) is 18.5 Å². The van der Waals surface area contributed by atoms with E-state index < -0.39 is 0 Å². The van der Waals surface area contributed by atoms with Crippen LogP contribution in [0, 0.1) is 0 Å². The first kappa shape index (κ1) is 6.15. The summed E-state index contributed by atoms with van der Waals surface area (Å²) < 4.78 is 4.90. The number of methoxy groups -OCH3 is 1. The van der Waals surface area contributed by atoms with Crippen LogP contribution in [0.3, 0.4) is 0 Å². The molecule has 2 aromatic rings.